The molecule has 0 saturated carbocycles. The molecule has 0 spiro atoms. The molecular formula is C10H13KN-. The van der Waals surface area contributed by atoms with Gasteiger partial charge in [-0.3, -0.25) is 0 Å². The van der Waals surface area contributed by atoms with Crippen LogP contribution in [0.1, 0.15) is 16.8 Å². The van der Waals surface area contributed by atoms with Crippen molar-refractivity contribution in [2.45, 2.75) is 0 Å². The van der Waals surface area contributed by atoms with Gasteiger partial charge in [0, 0.05) is 0 Å². The fraction of sp³-hybridized carbons (Fsp3) is 0. The van der Waals surface area contributed by atoms with Gasteiger partial charge < -0.3 is 12.4 Å². The zero-order valence-electron chi connectivity index (χ0n) is 7.85. The molecule has 60 valence electrons. The summed E-state index contributed by atoms with van der Waals surface area (Å²) in [7, 11) is 0. The molecule has 1 rings (SSSR count). The molecule has 12 heavy (non-hydrogen) atoms. The normalized spacial score (nSPS) is 7.67. The number of rotatable bonds is 2. The third kappa shape index (κ3) is 2.96. The number of H-pyrrole nitrogens is 1. The van der Waals surface area contributed by atoms with Crippen molar-refractivity contribution in [3.05, 3.63) is 50.5 Å². The molecule has 1 nitrogen and oxygen atoms in total. The zero-order valence-corrected chi connectivity index (χ0v) is 11.0. The van der Waals surface area contributed by atoms with Crippen LogP contribution in [0.2, 0.25) is 0 Å². The smallest absolute Gasteiger partial charge is 0.424 e. The van der Waals surface area contributed by atoms with E-state index >= 15 is 0 Å². The van der Waals surface area contributed by atoms with Crippen LogP contribution in [0, 0.1) is 14.4 Å². The Hall–Kier alpha value is 0.266. The summed E-state index contributed by atoms with van der Waals surface area (Å²) in [6.07, 6.45) is 5.37. The summed E-state index contributed by atoms with van der Waals surface area (Å²) in [5.74, 6) is 0. The van der Waals surface area contributed by atoms with Crippen LogP contribution in [0.3, 0.4) is 0 Å². The molecule has 1 heterocycles. The van der Waals surface area contributed by atoms with E-state index in [4.69, 9.17) is 0 Å². The second-order valence-corrected chi connectivity index (χ2v) is 2.05. The third-order valence-electron chi connectivity index (χ3n) is 1.45. The van der Waals surface area contributed by atoms with Gasteiger partial charge in [0.05, 0.1) is 0 Å². The van der Waals surface area contributed by atoms with Crippen molar-refractivity contribution in [1.82, 2.24) is 4.98 Å². The van der Waals surface area contributed by atoms with Crippen molar-refractivity contribution in [2.75, 3.05) is 0 Å². The predicted octanol–water partition coefficient (Wildman–Crippen LogP) is -0.0628. The Morgan fingerprint density at radius 3 is 2.25 bits per heavy atom. The average Bonchev–Trinajstić information content (AvgIpc) is 2.30. The van der Waals surface area contributed by atoms with Crippen LogP contribution < -0.4 is 51.4 Å². The first-order valence-corrected chi connectivity index (χ1v) is 3.07. The topological polar surface area (TPSA) is 15.8 Å². The van der Waals surface area contributed by atoms with Gasteiger partial charge >= 0.3 is 51.4 Å². The van der Waals surface area contributed by atoms with Crippen LogP contribution in [0.5, 0.6) is 0 Å². The Morgan fingerprint density at radius 2 is 1.92 bits per heavy atom. The van der Waals surface area contributed by atoms with Crippen LogP contribution in [0.25, 0.3) is 12.2 Å². The molecule has 0 fully saturated rings. The summed E-state index contributed by atoms with van der Waals surface area (Å²) in [5, 5.41) is 0. The van der Waals surface area contributed by atoms with E-state index in [1.807, 2.05) is 6.20 Å². The van der Waals surface area contributed by atoms with Crippen LogP contribution in [-0.2, 0) is 0 Å². The number of hydrogen-bond donors (Lipinski definition) is 1. The Morgan fingerprint density at radius 1 is 1.33 bits per heavy atom. The molecule has 0 unspecified atom stereocenters. The van der Waals surface area contributed by atoms with Crippen molar-refractivity contribution < 1.29 is 51.4 Å². The SMILES string of the molecule is C=Cc1[nH]cc([CH2-])c1C=C.[CH3-].[K+]. The molecule has 0 radical (unpaired) electrons. The minimum absolute atomic E-state index is 0. The van der Waals surface area contributed by atoms with Crippen molar-refractivity contribution in [3.8, 4) is 0 Å². The molecule has 0 bridgehead atoms. The predicted molar refractivity (Wildman–Crippen MR) is 51.8 cm³/mol. The molecule has 0 aliphatic rings. The fourth-order valence-electron chi connectivity index (χ4n) is 0.903. The van der Waals surface area contributed by atoms with E-state index in [1.54, 1.807) is 12.2 Å². The van der Waals surface area contributed by atoms with E-state index in [-0.39, 0.29) is 58.8 Å². The summed E-state index contributed by atoms with van der Waals surface area (Å²) < 4.78 is 0. The van der Waals surface area contributed by atoms with E-state index in [0.29, 0.717) is 0 Å². The molecule has 1 N–H and O–H groups in total. The maximum atomic E-state index is 3.81. The van der Waals surface area contributed by atoms with Crippen LogP contribution >= 0.6 is 0 Å². The van der Waals surface area contributed by atoms with Gasteiger partial charge in [-0.05, 0) is 5.69 Å². The van der Waals surface area contributed by atoms with Gasteiger partial charge in [-0.2, -0.15) is 12.5 Å². The molecule has 0 aromatic carbocycles. The zero-order chi connectivity index (χ0) is 7.56. The molecule has 1 aromatic heterocycles. The molecule has 0 aliphatic carbocycles. The molecular weight excluding hydrogens is 173 g/mol. The summed E-state index contributed by atoms with van der Waals surface area (Å²) >= 11 is 0. The summed E-state index contributed by atoms with van der Waals surface area (Å²) in [6.45, 7) is 11.1. The van der Waals surface area contributed by atoms with E-state index in [9.17, 15) is 0 Å². The summed E-state index contributed by atoms with van der Waals surface area (Å²) in [6, 6.07) is 0. The molecule has 0 saturated heterocycles. The summed E-state index contributed by atoms with van der Waals surface area (Å²) in [4.78, 5) is 3.02. The van der Waals surface area contributed by atoms with E-state index in [0.717, 1.165) is 16.8 Å². The Balaban J connectivity index is 0. The van der Waals surface area contributed by atoms with E-state index in [1.165, 1.54) is 0 Å². The fourth-order valence-corrected chi connectivity index (χ4v) is 0.903. The van der Waals surface area contributed by atoms with Gasteiger partial charge in [0.25, 0.3) is 0 Å². The van der Waals surface area contributed by atoms with Crippen molar-refractivity contribution >= 4 is 12.2 Å². The second kappa shape index (κ2) is 6.75. The van der Waals surface area contributed by atoms with Gasteiger partial charge in [-0.1, -0.05) is 12.7 Å². The Kier molecular flexibility index (Phi) is 8.31. The minimum atomic E-state index is 0. The van der Waals surface area contributed by atoms with Crippen LogP contribution in [0.15, 0.2) is 19.4 Å². The first-order valence-electron chi connectivity index (χ1n) is 3.07. The van der Waals surface area contributed by atoms with Crippen molar-refractivity contribution in [1.29, 1.82) is 0 Å². The molecule has 0 aliphatic heterocycles. The average molecular weight is 186 g/mol. The maximum Gasteiger partial charge on any atom is 1.00 e. The number of hydrogen-bond acceptors (Lipinski definition) is 0. The Bertz CT molecular complexity index is 261. The van der Waals surface area contributed by atoms with Gasteiger partial charge in [0.1, 0.15) is 0 Å². The number of nitrogens with one attached hydrogen (secondary N) is 1. The molecule has 2 heteroatoms. The van der Waals surface area contributed by atoms with Gasteiger partial charge in [-0.15, -0.1) is 24.4 Å². The van der Waals surface area contributed by atoms with E-state index < -0.39 is 0 Å². The molecule has 1 aromatic rings. The number of aromatic nitrogens is 1. The first kappa shape index (κ1) is 14.8. The van der Waals surface area contributed by atoms with Crippen LogP contribution in [-0.4, -0.2) is 4.98 Å². The van der Waals surface area contributed by atoms with Gasteiger partial charge in [0.2, 0.25) is 0 Å². The number of aromatic amines is 1. The standard InChI is InChI=1S/C9H10N.CH3.K/c1-4-8-7(3)6-10-9(8)5-2;;/h4-6,10H,1-3H2;1H3;/q2*-1;+1. The third-order valence-corrected chi connectivity index (χ3v) is 1.45. The van der Waals surface area contributed by atoms with Gasteiger partial charge in [0.15, 0.2) is 0 Å². The van der Waals surface area contributed by atoms with Crippen LogP contribution in [0.4, 0.5) is 0 Å². The molecule has 0 atom stereocenters. The van der Waals surface area contributed by atoms with Crippen molar-refractivity contribution in [3.63, 3.8) is 0 Å². The summed E-state index contributed by atoms with van der Waals surface area (Å²) in [5.41, 5.74) is 2.99. The minimum Gasteiger partial charge on any atom is -0.424 e. The quantitative estimate of drug-likeness (QED) is 0.492. The first-order chi connectivity index (χ1) is 4.79. The Labute approximate surface area is 117 Å². The van der Waals surface area contributed by atoms with E-state index in [2.05, 4.69) is 25.1 Å². The van der Waals surface area contributed by atoms with Gasteiger partial charge in [-0.25, -0.2) is 0 Å². The largest absolute Gasteiger partial charge is 1.00 e. The molecule has 0 amide bonds. The second-order valence-electron chi connectivity index (χ2n) is 2.05. The van der Waals surface area contributed by atoms with Crippen molar-refractivity contribution in [2.24, 2.45) is 0 Å². The maximum absolute atomic E-state index is 3.81. The monoisotopic (exact) mass is 186 g/mol.